The topological polar surface area (TPSA) is 102 Å². The van der Waals surface area contributed by atoms with Crippen LogP contribution in [0.5, 0.6) is 5.75 Å². The monoisotopic (exact) mass is 391 g/mol. The zero-order chi connectivity index (χ0) is 17.6. The molecule has 1 aromatic rings. The van der Waals surface area contributed by atoms with Crippen LogP contribution in [0.25, 0.3) is 0 Å². The first-order valence-corrected chi connectivity index (χ1v) is 9.61. The van der Waals surface area contributed by atoms with E-state index in [2.05, 4.69) is 5.32 Å². The zero-order valence-corrected chi connectivity index (χ0v) is 16.0. The summed E-state index contributed by atoms with van der Waals surface area (Å²) in [5.74, 6) is 0.0902. The number of nitrogens with one attached hydrogen (secondary N) is 1. The van der Waals surface area contributed by atoms with Crippen LogP contribution >= 0.6 is 12.4 Å². The summed E-state index contributed by atoms with van der Waals surface area (Å²) in [5, 5.41) is 2.71. The highest BCUT2D eigenvalue weighted by Crippen LogP contribution is 2.31. The van der Waals surface area contributed by atoms with Gasteiger partial charge in [-0.3, -0.25) is 4.79 Å². The summed E-state index contributed by atoms with van der Waals surface area (Å²) in [5.41, 5.74) is 5.83. The maximum absolute atomic E-state index is 12.9. The van der Waals surface area contributed by atoms with E-state index in [1.807, 2.05) is 0 Å². The van der Waals surface area contributed by atoms with Crippen molar-refractivity contribution in [2.75, 3.05) is 32.1 Å². The summed E-state index contributed by atoms with van der Waals surface area (Å²) in [7, 11) is -2.21. The quantitative estimate of drug-likeness (QED) is 0.739. The molecule has 0 aromatic heterocycles. The van der Waals surface area contributed by atoms with Crippen LogP contribution in [-0.4, -0.2) is 45.4 Å². The molecule has 0 spiro atoms. The minimum atomic E-state index is -3.64. The molecule has 1 aliphatic heterocycles. The van der Waals surface area contributed by atoms with Crippen LogP contribution in [0.2, 0.25) is 0 Å². The predicted molar refractivity (Wildman–Crippen MR) is 99.8 cm³/mol. The van der Waals surface area contributed by atoms with Crippen LogP contribution in [-0.2, 0) is 14.8 Å². The number of hydrogen-bond acceptors (Lipinski definition) is 5. The highest BCUT2D eigenvalue weighted by atomic mass is 35.5. The van der Waals surface area contributed by atoms with Crippen molar-refractivity contribution in [3.05, 3.63) is 18.2 Å². The Morgan fingerprint density at radius 3 is 2.56 bits per heavy atom. The average Bonchev–Trinajstić information content (AvgIpc) is 2.60. The Balaban J connectivity index is 0.00000312. The molecule has 0 unspecified atom stereocenters. The molecule has 1 fully saturated rings. The summed E-state index contributed by atoms with van der Waals surface area (Å²) in [6.07, 6.45) is 3.65. The van der Waals surface area contributed by atoms with E-state index in [4.69, 9.17) is 10.5 Å². The summed E-state index contributed by atoms with van der Waals surface area (Å²) < 4.78 is 32.5. The minimum absolute atomic E-state index is 0. The van der Waals surface area contributed by atoms with Crippen molar-refractivity contribution in [1.82, 2.24) is 4.31 Å². The van der Waals surface area contributed by atoms with Crippen molar-refractivity contribution in [2.45, 2.75) is 37.0 Å². The number of nitrogens with zero attached hydrogens (tertiary/aromatic N) is 1. The molecule has 0 radical (unpaired) electrons. The number of nitrogens with two attached hydrogens (primary N) is 1. The van der Waals surface area contributed by atoms with Crippen molar-refractivity contribution in [2.24, 2.45) is 5.73 Å². The van der Waals surface area contributed by atoms with Gasteiger partial charge in [0.1, 0.15) is 10.6 Å². The Morgan fingerprint density at radius 2 is 1.96 bits per heavy atom. The molecule has 9 heteroatoms. The first kappa shape index (κ1) is 21.7. The van der Waals surface area contributed by atoms with Gasteiger partial charge in [0.25, 0.3) is 0 Å². The number of halogens is 1. The Hall–Kier alpha value is -1.35. The van der Waals surface area contributed by atoms with Crippen molar-refractivity contribution >= 4 is 34.0 Å². The second kappa shape index (κ2) is 9.96. The van der Waals surface area contributed by atoms with Gasteiger partial charge in [0.2, 0.25) is 15.9 Å². The molecule has 142 valence electrons. The van der Waals surface area contributed by atoms with Gasteiger partial charge in [0.05, 0.1) is 7.11 Å². The van der Waals surface area contributed by atoms with E-state index in [0.717, 1.165) is 19.3 Å². The van der Waals surface area contributed by atoms with E-state index in [-0.39, 0.29) is 29.0 Å². The summed E-state index contributed by atoms with van der Waals surface area (Å²) in [6, 6.07) is 4.66. The maximum atomic E-state index is 12.9. The molecule has 3 N–H and O–H groups in total. The number of amides is 1. The molecule has 7 nitrogen and oxygen atoms in total. The lowest BCUT2D eigenvalue weighted by Crippen LogP contribution is -2.35. The van der Waals surface area contributed by atoms with Crippen molar-refractivity contribution in [3.8, 4) is 5.75 Å². The van der Waals surface area contributed by atoms with Crippen LogP contribution in [0.4, 0.5) is 5.69 Å². The fourth-order valence-electron chi connectivity index (χ4n) is 2.69. The third kappa shape index (κ3) is 5.57. The van der Waals surface area contributed by atoms with Gasteiger partial charge in [-0.15, -0.1) is 12.4 Å². The predicted octanol–water partition coefficient (Wildman–Crippen LogP) is 1.97. The van der Waals surface area contributed by atoms with Gasteiger partial charge in [0, 0.05) is 25.2 Å². The molecule has 2 rings (SSSR count). The molecule has 0 atom stereocenters. The lowest BCUT2D eigenvalue weighted by atomic mass is 10.2. The number of methoxy groups -OCH3 is 1. The molecule has 0 saturated carbocycles. The van der Waals surface area contributed by atoms with E-state index in [0.29, 0.717) is 38.2 Å². The molecular weight excluding hydrogens is 366 g/mol. The molecular formula is C16H26ClN3O4S. The first-order chi connectivity index (χ1) is 11.5. The van der Waals surface area contributed by atoms with Gasteiger partial charge in [-0.25, -0.2) is 8.42 Å². The highest BCUT2D eigenvalue weighted by molar-refractivity contribution is 7.89. The number of piperidine rings is 1. The number of carbonyl (C=O) groups excluding carboxylic acids is 1. The number of ether oxygens (including phenoxy) is 1. The Morgan fingerprint density at radius 1 is 1.28 bits per heavy atom. The number of benzene rings is 1. The van der Waals surface area contributed by atoms with Crippen molar-refractivity contribution in [1.29, 1.82) is 0 Å². The fourth-order valence-corrected chi connectivity index (χ4v) is 4.39. The third-order valence-electron chi connectivity index (χ3n) is 3.99. The molecule has 0 aliphatic carbocycles. The normalized spacial score (nSPS) is 15.3. The van der Waals surface area contributed by atoms with Crippen LogP contribution in [0.1, 0.15) is 32.1 Å². The van der Waals surface area contributed by atoms with E-state index in [1.54, 1.807) is 12.1 Å². The standard InChI is InChI=1S/C16H25N3O4S.ClH/c1-23-14-8-7-13(18-16(20)6-5-9-17)12-15(14)24(21,22)19-10-3-2-4-11-19;/h7-8,12H,2-6,9-11,17H2,1H3,(H,18,20);1H. The van der Waals surface area contributed by atoms with Gasteiger partial charge in [-0.1, -0.05) is 6.42 Å². The van der Waals surface area contributed by atoms with Crippen LogP contribution in [0, 0.1) is 0 Å². The average molecular weight is 392 g/mol. The van der Waals surface area contributed by atoms with Gasteiger partial charge in [-0.2, -0.15) is 4.31 Å². The first-order valence-electron chi connectivity index (χ1n) is 8.17. The van der Waals surface area contributed by atoms with E-state index in [1.165, 1.54) is 17.5 Å². The van der Waals surface area contributed by atoms with E-state index in [9.17, 15) is 13.2 Å². The minimum Gasteiger partial charge on any atom is -0.495 e. The number of anilines is 1. The van der Waals surface area contributed by atoms with E-state index >= 15 is 0 Å². The van der Waals surface area contributed by atoms with Gasteiger partial charge < -0.3 is 15.8 Å². The molecule has 1 aromatic carbocycles. The Kier molecular flexibility index (Phi) is 8.64. The number of sulfonamides is 1. The van der Waals surface area contributed by atoms with Crippen molar-refractivity contribution in [3.63, 3.8) is 0 Å². The molecule has 0 bridgehead atoms. The lowest BCUT2D eigenvalue weighted by molar-refractivity contribution is -0.116. The summed E-state index contributed by atoms with van der Waals surface area (Å²) in [4.78, 5) is 11.9. The largest absolute Gasteiger partial charge is 0.495 e. The van der Waals surface area contributed by atoms with Crippen LogP contribution in [0.15, 0.2) is 23.1 Å². The van der Waals surface area contributed by atoms with Gasteiger partial charge in [-0.05, 0) is 44.0 Å². The van der Waals surface area contributed by atoms with Crippen LogP contribution in [0.3, 0.4) is 0 Å². The van der Waals surface area contributed by atoms with Gasteiger partial charge >= 0.3 is 0 Å². The number of carbonyl (C=O) groups is 1. The molecule has 25 heavy (non-hydrogen) atoms. The lowest BCUT2D eigenvalue weighted by Gasteiger charge is -2.26. The summed E-state index contributed by atoms with van der Waals surface area (Å²) >= 11 is 0. The fraction of sp³-hybridized carbons (Fsp3) is 0.562. The molecule has 1 saturated heterocycles. The Labute approximate surface area is 155 Å². The third-order valence-corrected chi connectivity index (χ3v) is 5.91. The van der Waals surface area contributed by atoms with E-state index < -0.39 is 10.0 Å². The van der Waals surface area contributed by atoms with Crippen LogP contribution < -0.4 is 15.8 Å². The second-order valence-electron chi connectivity index (χ2n) is 5.77. The maximum Gasteiger partial charge on any atom is 0.246 e. The molecule has 1 aliphatic rings. The molecule has 1 heterocycles. The van der Waals surface area contributed by atoms with Crippen molar-refractivity contribution < 1.29 is 17.9 Å². The highest BCUT2D eigenvalue weighted by Gasteiger charge is 2.29. The Bertz CT molecular complexity index is 676. The number of rotatable bonds is 7. The SMILES string of the molecule is COc1ccc(NC(=O)CCCN)cc1S(=O)(=O)N1CCCCC1.Cl. The smallest absolute Gasteiger partial charge is 0.246 e. The zero-order valence-electron chi connectivity index (χ0n) is 14.4. The second-order valence-corrected chi connectivity index (χ2v) is 7.68. The number of hydrogen-bond donors (Lipinski definition) is 2. The molecule has 1 amide bonds. The van der Waals surface area contributed by atoms with Gasteiger partial charge in [0.15, 0.2) is 0 Å². The summed E-state index contributed by atoms with van der Waals surface area (Å²) in [6.45, 7) is 1.46.